The van der Waals surface area contributed by atoms with Crippen molar-refractivity contribution in [2.75, 3.05) is 13.2 Å². The summed E-state index contributed by atoms with van der Waals surface area (Å²) in [5.41, 5.74) is 0. The van der Waals surface area contributed by atoms with Gasteiger partial charge in [-0.05, 0) is 70.6 Å². The molecule has 436 valence electrons. The first-order chi connectivity index (χ1) is 36.7. The fourth-order valence-corrected chi connectivity index (χ4v) is 9.46. The number of amides is 1. The third-order valence-corrected chi connectivity index (χ3v) is 14.4. The van der Waals surface area contributed by atoms with Crippen LogP contribution in [0.2, 0.25) is 0 Å². The number of esters is 1. The van der Waals surface area contributed by atoms with Crippen molar-refractivity contribution in [1.29, 1.82) is 0 Å². The van der Waals surface area contributed by atoms with Gasteiger partial charge in [0.2, 0.25) is 5.91 Å². The third kappa shape index (κ3) is 40.2. The van der Waals surface area contributed by atoms with Crippen LogP contribution in [0, 0.1) is 0 Å². The molecule has 0 bridgehead atoms. The first-order valence-corrected chi connectivity index (χ1v) is 31.1. The largest absolute Gasteiger partial charge is 0.454 e. The van der Waals surface area contributed by atoms with Gasteiger partial charge in [0.1, 0.15) is 24.4 Å². The predicted molar refractivity (Wildman–Crippen MR) is 310 cm³/mol. The fraction of sp³-hybridized carbons (Fsp3) is 0.812. The van der Waals surface area contributed by atoms with Gasteiger partial charge < -0.3 is 45.1 Å². The third-order valence-electron chi connectivity index (χ3n) is 14.4. The van der Waals surface area contributed by atoms with Crippen LogP contribution in [0.1, 0.15) is 271 Å². The van der Waals surface area contributed by atoms with E-state index in [9.17, 15) is 35.1 Å². The number of allylic oxidation sites excluding steroid dienone is 9. The summed E-state index contributed by atoms with van der Waals surface area (Å²) in [4.78, 5) is 26.5. The van der Waals surface area contributed by atoms with E-state index < -0.39 is 67.4 Å². The van der Waals surface area contributed by atoms with Gasteiger partial charge in [-0.1, -0.05) is 255 Å². The number of aliphatic hydroxyl groups excluding tert-OH is 5. The Kier molecular flexibility index (Phi) is 48.9. The van der Waals surface area contributed by atoms with Gasteiger partial charge in [-0.2, -0.15) is 0 Å². The molecule has 0 aromatic rings. The zero-order valence-electron chi connectivity index (χ0n) is 48.2. The molecule has 1 fully saturated rings. The van der Waals surface area contributed by atoms with Crippen LogP contribution in [0.15, 0.2) is 60.8 Å². The molecule has 1 rings (SSSR count). The van der Waals surface area contributed by atoms with E-state index in [1.807, 2.05) is 6.08 Å². The van der Waals surface area contributed by atoms with E-state index >= 15 is 0 Å². The van der Waals surface area contributed by atoms with E-state index in [0.29, 0.717) is 19.3 Å². The van der Waals surface area contributed by atoms with Crippen molar-refractivity contribution in [2.24, 2.45) is 0 Å². The highest BCUT2D eigenvalue weighted by molar-refractivity contribution is 5.80. The van der Waals surface area contributed by atoms with Gasteiger partial charge in [0.25, 0.3) is 0 Å². The molecule has 11 heteroatoms. The van der Waals surface area contributed by atoms with Crippen molar-refractivity contribution in [3.63, 3.8) is 0 Å². The van der Waals surface area contributed by atoms with Crippen LogP contribution in [0.4, 0.5) is 0 Å². The summed E-state index contributed by atoms with van der Waals surface area (Å²) >= 11 is 0. The monoisotopic (exact) mass is 1060 g/mol. The average Bonchev–Trinajstić information content (AvgIpc) is 3.41. The van der Waals surface area contributed by atoms with Crippen LogP contribution in [0.5, 0.6) is 0 Å². The van der Waals surface area contributed by atoms with E-state index in [1.54, 1.807) is 6.08 Å². The van der Waals surface area contributed by atoms with Gasteiger partial charge in [0, 0.05) is 6.42 Å². The number of hydrogen-bond acceptors (Lipinski definition) is 10. The van der Waals surface area contributed by atoms with E-state index in [2.05, 4.69) is 74.7 Å². The molecule has 1 heterocycles. The smallest absolute Gasteiger partial charge is 0.306 e. The summed E-state index contributed by atoms with van der Waals surface area (Å²) < 4.78 is 17.6. The highest BCUT2D eigenvalue weighted by Gasteiger charge is 2.47. The van der Waals surface area contributed by atoms with Crippen LogP contribution < -0.4 is 5.32 Å². The van der Waals surface area contributed by atoms with Crippen LogP contribution in [-0.2, 0) is 23.8 Å². The number of carbonyl (C=O) groups is 2. The average molecular weight is 1060 g/mol. The SMILES string of the molecule is CCCCC/C=C\C/C=C\C/C=C\C/C=C\CCCCCC(=O)OC1C(OCC(NC(=O)C(O)CCCCCCCCCCCCCCCCCC)C(O)/C=C/CCCCCCCCCCC)OC(CO)C(O)C1O. The molecule has 1 aliphatic rings. The van der Waals surface area contributed by atoms with Gasteiger partial charge in [-0.3, -0.25) is 9.59 Å². The first kappa shape index (κ1) is 70.4. The molecular weight excluding hydrogens is 943 g/mol. The second-order valence-corrected chi connectivity index (χ2v) is 21.4. The molecule has 0 spiro atoms. The molecule has 0 aromatic heterocycles. The number of rotatable bonds is 52. The molecule has 8 unspecified atom stereocenters. The van der Waals surface area contributed by atoms with Gasteiger partial charge in [0.05, 0.1) is 25.4 Å². The van der Waals surface area contributed by atoms with Crippen LogP contribution >= 0.6 is 0 Å². The highest BCUT2D eigenvalue weighted by Crippen LogP contribution is 2.26. The van der Waals surface area contributed by atoms with E-state index in [1.165, 1.54) is 148 Å². The molecule has 1 saturated heterocycles. The topological polar surface area (TPSA) is 175 Å². The zero-order valence-corrected chi connectivity index (χ0v) is 48.2. The lowest BCUT2D eigenvalue weighted by Gasteiger charge is -2.41. The van der Waals surface area contributed by atoms with Crippen LogP contribution in [0.3, 0.4) is 0 Å². The minimum absolute atomic E-state index is 0.0858. The Labute approximate surface area is 458 Å². The lowest BCUT2D eigenvalue weighted by Crippen LogP contribution is -2.61. The minimum Gasteiger partial charge on any atom is -0.454 e. The number of carbonyl (C=O) groups excluding carboxylic acids is 2. The maximum atomic E-state index is 13.4. The maximum absolute atomic E-state index is 13.4. The Bertz CT molecular complexity index is 1450. The van der Waals surface area contributed by atoms with Crippen molar-refractivity contribution in [1.82, 2.24) is 5.32 Å². The molecule has 0 saturated carbocycles. The number of aliphatic hydroxyl groups is 5. The maximum Gasteiger partial charge on any atom is 0.306 e. The van der Waals surface area contributed by atoms with E-state index in [0.717, 1.165) is 77.0 Å². The van der Waals surface area contributed by atoms with Crippen molar-refractivity contribution >= 4 is 11.9 Å². The molecule has 75 heavy (non-hydrogen) atoms. The summed E-state index contributed by atoms with van der Waals surface area (Å²) in [7, 11) is 0. The quantitative estimate of drug-likeness (QED) is 0.0195. The fourth-order valence-electron chi connectivity index (χ4n) is 9.46. The van der Waals surface area contributed by atoms with E-state index in [4.69, 9.17) is 14.2 Å². The van der Waals surface area contributed by atoms with Crippen molar-refractivity contribution in [3.05, 3.63) is 60.8 Å². The van der Waals surface area contributed by atoms with Gasteiger partial charge in [-0.25, -0.2) is 0 Å². The number of ether oxygens (including phenoxy) is 3. The van der Waals surface area contributed by atoms with Crippen LogP contribution in [-0.4, -0.2) is 99.6 Å². The summed E-state index contributed by atoms with van der Waals surface area (Å²) in [5.74, 6) is -1.22. The lowest BCUT2D eigenvalue weighted by molar-refractivity contribution is -0.305. The molecule has 0 aromatic carbocycles. The Morgan fingerprint density at radius 3 is 1.40 bits per heavy atom. The highest BCUT2D eigenvalue weighted by atomic mass is 16.7. The molecule has 1 aliphatic heterocycles. The molecule has 11 nitrogen and oxygen atoms in total. The molecule has 0 radical (unpaired) electrons. The summed E-state index contributed by atoms with van der Waals surface area (Å²) in [6.07, 6.45) is 54.0. The first-order valence-electron chi connectivity index (χ1n) is 31.1. The summed E-state index contributed by atoms with van der Waals surface area (Å²) in [6, 6.07) is -1.03. The molecular formula is C64H115NO10. The number of unbranched alkanes of at least 4 members (excludes halogenated alkanes) is 30. The standard InChI is InChI=1S/C64H115NO10/c1-4-7-10-13-16-19-22-24-26-28-29-30-32-34-37-40-43-46-49-52-59(69)75-62-61(71)60(70)58(53-66)74-64(62)73-54-55(56(67)50-47-44-41-38-35-21-18-15-12-9-6-3)65-63(72)57(68)51-48-45-42-39-36-33-31-27-25-23-20-17-14-11-8-5-2/h16,19,24,26,29-30,34,37,47,50,55-58,60-62,64,66-68,70-71H,4-15,17-18,20-23,25,27-28,31-33,35-36,38-46,48-49,51-54H2,1-3H3,(H,65,72)/b19-16-,26-24-,30-29-,37-34-,50-47+. The van der Waals surface area contributed by atoms with Gasteiger partial charge in [-0.15, -0.1) is 0 Å². The minimum atomic E-state index is -1.63. The zero-order chi connectivity index (χ0) is 54.7. The van der Waals surface area contributed by atoms with E-state index in [-0.39, 0.29) is 13.0 Å². The second kappa shape index (κ2) is 52.1. The Hall–Kier alpha value is -2.64. The Morgan fingerprint density at radius 2 is 0.920 bits per heavy atom. The lowest BCUT2D eigenvalue weighted by atomic mass is 9.99. The Morgan fingerprint density at radius 1 is 0.520 bits per heavy atom. The molecule has 6 N–H and O–H groups in total. The van der Waals surface area contributed by atoms with Gasteiger partial charge >= 0.3 is 5.97 Å². The van der Waals surface area contributed by atoms with Crippen molar-refractivity contribution in [2.45, 2.75) is 320 Å². The van der Waals surface area contributed by atoms with Crippen molar-refractivity contribution in [3.8, 4) is 0 Å². The number of nitrogens with one attached hydrogen (secondary N) is 1. The number of hydrogen-bond donors (Lipinski definition) is 6. The molecule has 8 atom stereocenters. The van der Waals surface area contributed by atoms with Crippen LogP contribution in [0.25, 0.3) is 0 Å². The second-order valence-electron chi connectivity index (χ2n) is 21.4. The van der Waals surface area contributed by atoms with Gasteiger partial charge in [0.15, 0.2) is 12.4 Å². The summed E-state index contributed by atoms with van der Waals surface area (Å²) in [6.45, 7) is 5.75. The normalized spacial score (nSPS) is 19.6. The predicted octanol–water partition coefficient (Wildman–Crippen LogP) is 14.6. The molecule has 1 amide bonds. The molecule has 0 aliphatic carbocycles. The summed E-state index contributed by atoms with van der Waals surface area (Å²) in [5, 5.41) is 56.9. The van der Waals surface area contributed by atoms with Crippen molar-refractivity contribution < 1.29 is 49.3 Å². The Balaban J connectivity index is 2.69.